The van der Waals surface area contributed by atoms with Gasteiger partial charge in [0.15, 0.2) is 5.76 Å². The minimum absolute atomic E-state index is 0.0678. The number of carbonyl (C=O) groups excluding carboxylic acids is 2. The van der Waals surface area contributed by atoms with Crippen molar-refractivity contribution in [1.82, 2.24) is 14.4 Å². The van der Waals surface area contributed by atoms with Crippen molar-refractivity contribution in [3.8, 4) is 5.75 Å². The molecule has 4 atom stereocenters. The maximum Gasteiger partial charge on any atom is 0.323 e. The fraction of sp³-hybridized carbons (Fsp3) is 0.500. The molecule has 0 radical (unpaired) electrons. The quantitative estimate of drug-likeness (QED) is 0.294. The highest BCUT2D eigenvalue weighted by atomic mass is 32.2. The lowest BCUT2D eigenvalue weighted by atomic mass is 10.0. The molecule has 2 heterocycles. The van der Waals surface area contributed by atoms with Crippen LogP contribution in [-0.2, 0) is 14.8 Å². The van der Waals surface area contributed by atoms with E-state index in [1.54, 1.807) is 74.2 Å². The number of carbonyl (C=O) groups is 2. The van der Waals surface area contributed by atoms with Gasteiger partial charge in [-0.2, -0.15) is 4.31 Å². The Balaban J connectivity index is 1.63. The molecule has 3 aromatic rings. The molecule has 262 valence electrons. The average molecular weight is 686 g/mol. The second kappa shape index (κ2) is 16.4. The number of fused-ring (bicyclic) bond motifs is 1. The topological polar surface area (TPSA) is 164 Å². The van der Waals surface area contributed by atoms with Gasteiger partial charge in [-0.1, -0.05) is 30.3 Å². The molecule has 1 aromatic heterocycles. The van der Waals surface area contributed by atoms with E-state index in [9.17, 15) is 23.1 Å². The van der Waals surface area contributed by atoms with E-state index in [0.717, 1.165) is 12.8 Å². The molecule has 14 heteroatoms. The predicted octanol–water partition coefficient (Wildman–Crippen LogP) is 5.05. The molecule has 0 fully saturated rings. The standard InChI is InChI=1S/C34H47N5O8S/c1-22-19-39(23(2)21-40)33(41)29-18-27(35-34(42)36-32-25(4)37-47-26(32)5)15-16-30(29)46-24(3)12-10-11-17-45-31(22)20-38(6)48(43,44)28-13-8-7-9-14-28/h7-9,13-16,18,22-24,31,40H,10-12,17,19-21H2,1-6H3,(H2,35,36,42)/t22-,23-,24+,31-/m0/s1. The van der Waals surface area contributed by atoms with Gasteiger partial charge in [-0.05, 0) is 77.3 Å². The van der Waals surface area contributed by atoms with Crippen LogP contribution in [0.4, 0.5) is 16.2 Å². The molecule has 3 amide bonds. The summed E-state index contributed by atoms with van der Waals surface area (Å²) < 4.78 is 45.7. The first kappa shape index (κ1) is 36.8. The Kier molecular flexibility index (Phi) is 12.6. The highest BCUT2D eigenvalue weighted by Gasteiger charge is 2.32. The van der Waals surface area contributed by atoms with Crippen LogP contribution in [0.5, 0.6) is 5.75 Å². The number of aliphatic hydroxyl groups excluding tert-OH is 1. The zero-order chi connectivity index (χ0) is 35.0. The lowest BCUT2D eigenvalue weighted by Gasteiger charge is -2.35. The first-order valence-corrected chi connectivity index (χ1v) is 17.6. The molecule has 0 saturated heterocycles. The number of nitrogens with one attached hydrogen (secondary N) is 2. The van der Waals surface area contributed by atoms with Crippen molar-refractivity contribution in [3.05, 3.63) is 65.5 Å². The highest BCUT2D eigenvalue weighted by Crippen LogP contribution is 2.29. The Bertz CT molecular complexity index is 1630. The van der Waals surface area contributed by atoms with E-state index in [-0.39, 0.29) is 42.2 Å². The summed E-state index contributed by atoms with van der Waals surface area (Å²) in [5, 5.41) is 19.6. The predicted molar refractivity (Wildman–Crippen MR) is 182 cm³/mol. The minimum Gasteiger partial charge on any atom is -0.490 e. The van der Waals surface area contributed by atoms with Gasteiger partial charge in [0.2, 0.25) is 10.0 Å². The van der Waals surface area contributed by atoms with Crippen molar-refractivity contribution in [3.63, 3.8) is 0 Å². The molecule has 0 bridgehead atoms. The summed E-state index contributed by atoms with van der Waals surface area (Å²) in [5.41, 5.74) is 1.54. The van der Waals surface area contributed by atoms with E-state index in [0.29, 0.717) is 41.6 Å². The first-order valence-electron chi connectivity index (χ1n) is 16.2. The van der Waals surface area contributed by atoms with Gasteiger partial charge in [0.25, 0.3) is 5.91 Å². The van der Waals surface area contributed by atoms with E-state index >= 15 is 0 Å². The fourth-order valence-corrected chi connectivity index (χ4v) is 6.73. The van der Waals surface area contributed by atoms with Gasteiger partial charge in [0.05, 0.1) is 35.3 Å². The van der Waals surface area contributed by atoms with E-state index in [2.05, 4.69) is 15.8 Å². The third-order valence-corrected chi connectivity index (χ3v) is 10.3. The number of benzene rings is 2. The third kappa shape index (κ3) is 9.13. The summed E-state index contributed by atoms with van der Waals surface area (Å²) in [5.74, 6) is 0.0648. The van der Waals surface area contributed by atoms with E-state index in [1.807, 2.05) is 13.8 Å². The van der Waals surface area contributed by atoms with Crippen LogP contribution < -0.4 is 15.4 Å². The van der Waals surface area contributed by atoms with Crippen LogP contribution in [0.2, 0.25) is 0 Å². The molecular weight excluding hydrogens is 638 g/mol. The fourth-order valence-electron chi connectivity index (χ4n) is 5.52. The summed E-state index contributed by atoms with van der Waals surface area (Å²) in [6.45, 7) is 9.28. The van der Waals surface area contributed by atoms with E-state index in [4.69, 9.17) is 14.0 Å². The Hall–Kier alpha value is -3.98. The van der Waals surface area contributed by atoms with Crippen LogP contribution in [0.15, 0.2) is 57.9 Å². The van der Waals surface area contributed by atoms with Gasteiger partial charge in [-0.25, -0.2) is 13.2 Å². The molecule has 13 nitrogen and oxygen atoms in total. The van der Waals surface area contributed by atoms with Crippen molar-refractivity contribution < 1.29 is 37.1 Å². The molecule has 1 aliphatic heterocycles. The maximum atomic E-state index is 14.4. The van der Waals surface area contributed by atoms with Gasteiger partial charge in [-0.3, -0.25) is 4.79 Å². The lowest BCUT2D eigenvalue weighted by molar-refractivity contribution is -0.00833. The zero-order valence-electron chi connectivity index (χ0n) is 28.4. The number of likely N-dealkylation sites (N-methyl/N-ethyl adjacent to an activating group) is 1. The van der Waals surface area contributed by atoms with Gasteiger partial charge in [0.1, 0.15) is 17.1 Å². The maximum absolute atomic E-state index is 14.4. The third-order valence-electron chi connectivity index (χ3n) is 8.47. The summed E-state index contributed by atoms with van der Waals surface area (Å²) in [7, 11) is -2.26. The van der Waals surface area contributed by atoms with Crippen LogP contribution in [0.3, 0.4) is 0 Å². The average Bonchev–Trinajstić information content (AvgIpc) is 3.38. The van der Waals surface area contributed by atoms with Crippen molar-refractivity contribution in [1.29, 1.82) is 0 Å². The summed E-state index contributed by atoms with van der Waals surface area (Å²) in [6, 6.07) is 11.9. The Labute approximate surface area is 282 Å². The molecule has 0 spiro atoms. The molecule has 0 saturated carbocycles. The van der Waals surface area contributed by atoms with Crippen LogP contribution in [0.25, 0.3) is 0 Å². The van der Waals surface area contributed by atoms with Crippen LogP contribution in [0.1, 0.15) is 61.8 Å². The van der Waals surface area contributed by atoms with Gasteiger partial charge in [-0.15, -0.1) is 0 Å². The molecule has 1 aliphatic rings. The normalized spacial score (nSPS) is 20.4. The number of rotatable bonds is 8. The minimum atomic E-state index is -3.78. The van der Waals surface area contributed by atoms with Crippen molar-refractivity contribution in [2.24, 2.45) is 5.92 Å². The second-order valence-electron chi connectivity index (χ2n) is 12.4. The lowest BCUT2D eigenvalue weighted by Crippen LogP contribution is -2.48. The number of hydrogen-bond donors (Lipinski definition) is 3. The second-order valence-corrected chi connectivity index (χ2v) is 14.4. The number of sulfonamides is 1. The monoisotopic (exact) mass is 685 g/mol. The molecule has 2 aromatic carbocycles. The van der Waals surface area contributed by atoms with Gasteiger partial charge >= 0.3 is 6.03 Å². The molecule has 0 unspecified atom stereocenters. The smallest absolute Gasteiger partial charge is 0.323 e. The molecule has 3 N–H and O–H groups in total. The summed E-state index contributed by atoms with van der Waals surface area (Å²) in [4.78, 5) is 29.0. The Morgan fingerprint density at radius 2 is 1.85 bits per heavy atom. The number of hydrogen-bond acceptors (Lipinski definition) is 9. The Morgan fingerprint density at radius 3 is 2.52 bits per heavy atom. The van der Waals surface area contributed by atoms with Crippen LogP contribution in [0, 0.1) is 19.8 Å². The Morgan fingerprint density at radius 1 is 1.12 bits per heavy atom. The van der Waals surface area contributed by atoms with Crippen molar-refractivity contribution in [2.45, 2.75) is 77.0 Å². The molecule has 4 rings (SSSR count). The number of anilines is 2. The SMILES string of the molecule is Cc1noc(C)c1NC(=O)Nc1ccc2c(c1)C(=O)N([C@@H](C)CO)C[C@H](C)[C@H](CN(C)S(=O)(=O)c1ccccc1)OCCCC[C@@H](C)O2. The number of ether oxygens (including phenoxy) is 2. The number of aliphatic hydroxyl groups is 1. The largest absolute Gasteiger partial charge is 0.490 e. The van der Waals surface area contributed by atoms with Crippen LogP contribution in [-0.4, -0.2) is 91.4 Å². The number of aromatic nitrogens is 1. The van der Waals surface area contributed by atoms with Gasteiger partial charge < -0.3 is 34.6 Å². The van der Waals surface area contributed by atoms with Crippen molar-refractivity contribution >= 4 is 33.3 Å². The number of aryl methyl sites for hydroxylation is 2. The summed E-state index contributed by atoms with van der Waals surface area (Å²) >= 11 is 0. The van der Waals surface area contributed by atoms with E-state index < -0.39 is 34.1 Å². The molecule has 48 heavy (non-hydrogen) atoms. The number of urea groups is 1. The van der Waals surface area contributed by atoms with Crippen LogP contribution >= 0.6 is 0 Å². The van der Waals surface area contributed by atoms with E-state index in [1.165, 1.54) is 11.4 Å². The molecule has 0 aliphatic carbocycles. The zero-order valence-corrected chi connectivity index (χ0v) is 29.2. The van der Waals surface area contributed by atoms with Gasteiger partial charge in [0, 0.05) is 38.3 Å². The number of amides is 3. The summed E-state index contributed by atoms with van der Waals surface area (Å²) in [6.07, 6.45) is 1.43. The van der Waals surface area contributed by atoms with Crippen molar-refractivity contribution in [2.75, 3.05) is 44.0 Å². The number of nitrogens with zero attached hydrogens (tertiary/aromatic N) is 3. The highest BCUT2D eigenvalue weighted by molar-refractivity contribution is 7.89. The first-order chi connectivity index (χ1) is 22.8. The molecular formula is C34H47N5O8S.